The number of nitrogen functional groups attached to an aromatic ring is 1. The molecule has 0 unspecified atom stereocenters. The molecule has 1 aromatic carbocycles. The molecule has 3 rings (SSSR count). The zero-order valence-electron chi connectivity index (χ0n) is 19.9. The quantitative estimate of drug-likeness (QED) is 0.203. The normalized spacial score (nSPS) is 15.1. The molecule has 7 N–H and O–H groups in total. The van der Waals surface area contributed by atoms with Gasteiger partial charge in [-0.3, -0.25) is 9.69 Å². The lowest BCUT2D eigenvalue weighted by atomic mass is 10.1. The van der Waals surface area contributed by atoms with E-state index >= 15 is 0 Å². The van der Waals surface area contributed by atoms with Crippen molar-refractivity contribution in [3.8, 4) is 5.75 Å². The first-order chi connectivity index (χ1) is 17.0. The summed E-state index contributed by atoms with van der Waals surface area (Å²) in [5.74, 6) is 1.24. The van der Waals surface area contributed by atoms with Crippen LogP contribution in [0.2, 0.25) is 0 Å². The summed E-state index contributed by atoms with van der Waals surface area (Å²) in [6.07, 6.45) is 2.15. The lowest BCUT2D eigenvalue weighted by Gasteiger charge is -2.27. The van der Waals surface area contributed by atoms with Gasteiger partial charge in [-0.2, -0.15) is 0 Å². The van der Waals surface area contributed by atoms with Crippen LogP contribution >= 0.6 is 0 Å². The van der Waals surface area contributed by atoms with Gasteiger partial charge >= 0.3 is 0 Å². The molecule has 2 aromatic rings. The molecule has 1 aromatic heterocycles. The molecular weight excluding hydrogens is 448 g/mol. The number of benzene rings is 1. The number of nitrogens with one attached hydrogen (secondary N) is 1. The minimum absolute atomic E-state index is 0.123. The zero-order chi connectivity index (χ0) is 25.0. The highest BCUT2D eigenvalue weighted by Crippen LogP contribution is 2.31. The maximum Gasteiger partial charge on any atom is 0.242 e. The molecule has 11 nitrogen and oxygen atoms in total. The van der Waals surface area contributed by atoms with Gasteiger partial charge in [0, 0.05) is 13.1 Å². The average Bonchev–Trinajstić information content (AvgIpc) is 2.85. The number of para-hydroxylation sites is 1. The Bertz CT molecular complexity index is 1020. The summed E-state index contributed by atoms with van der Waals surface area (Å²) in [6, 6.07) is 9.86. The van der Waals surface area contributed by atoms with Crippen molar-refractivity contribution in [2.75, 3.05) is 50.4 Å². The highest BCUT2D eigenvalue weighted by atomic mass is 16.5. The van der Waals surface area contributed by atoms with E-state index in [1.54, 1.807) is 24.3 Å². The Labute approximate surface area is 205 Å². The second kappa shape index (κ2) is 13.5. The molecule has 1 atom stereocenters. The number of azo groups is 1. The van der Waals surface area contributed by atoms with Crippen LogP contribution in [0.1, 0.15) is 19.3 Å². The zero-order valence-corrected chi connectivity index (χ0v) is 19.9. The van der Waals surface area contributed by atoms with E-state index in [2.05, 4.69) is 32.0 Å². The molecule has 35 heavy (non-hydrogen) atoms. The standard InChI is InChI=1S/C24H34N8O3/c1-17(16-32-12-14-34-15-13-32)35-21-8-3-2-7-19(21)30-31-20-9-10-22(28-23(20)27)29-24(33)18(26)6-4-5-11-25/h2-3,7-10,18H,1,4-6,11-16,25-26H2,(H3,27,28,29,33)/b31-30+/t18-/m0/s1. The summed E-state index contributed by atoms with van der Waals surface area (Å²) in [5, 5.41) is 11.2. The third-order valence-corrected chi connectivity index (χ3v) is 5.35. The Morgan fingerprint density at radius 3 is 2.66 bits per heavy atom. The number of amides is 1. The van der Waals surface area contributed by atoms with E-state index in [9.17, 15) is 4.79 Å². The van der Waals surface area contributed by atoms with Crippen molar-refractivity contribution in [3.05, 3.63) is 48.7 Å². The molecule has 0 radical (unpaired) electrons. The smallest absolute Gasteiger partial charge is 0.242 e. The number of carbonyl (C=O) groups excluding carboxylic acids is 1. The maximum atomic E-state index is 12.2. The summed E-state index contributed by atoms with van der Waals surface area (Å²) in [4.78, 5) is 18.7. The van der Waals surface area contributed by atoms with E-state index in [1.165, 1.54) is 0 Å². The first kappa shape index (κ1) is 26.2. The van der Waals surface area contributed by atoms with Gasteiger partial charge in [-0.25, -0.2) is 4.98 Å². The number of ether oxygens (including phenoxy) is 2. The van der Waals surface area contributed by atoms with Crippen LogP contribution in [0, 0.1) is 0 Å². The van der Waals surface area contributed by atoms with Crippen LogP contribution in [0.4, 0.5) is 23.0 Å². The molecule has 1 aliphatic rings. The number of unbranched alkanes of at least 4 members (excludes halogenated alkanes) is 1. The number of anilines is 2. The average molecular weight is 483 g/mol. The third-order valence-electron chi connectivity index (χ3n) is 5.35. The topological polar surface area (TPSA) is 166 Å². The van der Waals surface area contributed by atoms with Crippen LogP contribution in [0.3, 0.4) is 0 Å². The molecule has 1 saturated heterocycles. The van der Waals surface area contributed by atoms with Gasteiger partial charge in [0.15, 0.2) is 11.6 Å². The SMILES string of the molecule is C=C(CN1CCOCC1)Oc1ccccc1/N=N/c1ccc(NC(=O)[C@@H](N)CCCCN)nc1N. The predicted molar refractivity (Wildman–Crippen MR) is 136 cm³/mol. The van der Waals surface area contributed by atoms with Gasteiger partial charge in [0.05, 0.1) is 25.8 Å². The number of aromatic nitrogens is 1. The van der Waals surface area contributed by atoms with Gasteiger partial charge in [-0.05, 0) is 43.7 Å². The number of nitrogens with two attached hydrogens (primary N) is 3. The van der Waals surface area contributed by atoms with Crippen LogP contribution in [0.15, 0.2) is 59.0 Å². The van der Waals surface area contributed by atoms with Crippen LogP contribution in [-0.4, -0.2) is 61.2 Å². The molecular formula is C24H34N8O3. The Balaban J connectivity index is 1.60. The Kier molecular flexibility index (Phi) is 10.1. The van der Waals surface area contributed by atoms with Gasteiger partial charge in [0.25, 0.3) is 0 Å². The lowest BCUT2D eigenvalue weighted by Crippen LogP contribution is -2.37. The number of hydrogen-bond acceptors (Lipinski definition) is 10. The van der Waals surface area contributed by atoms with Crippen molar-refractivity contribution in [2.45, 2.75) is 25.3 Å². The van der Waals surface area contributed by atoms with Crippen molar-refractivity contribution < 1.29 is 14.3 Å². The first-order valence-corrected chi connectivity index (χ1v) is 11.7. The van der Waals surface area contributed by atoms with Gasteiger partial charge in [-0.1, -0.05) is 25.1 Å². The van der Waals surface area contributed by atoms with E-state index in [0.717, 1.165) is 25.9 Å². The number of rotatable bonds is 12. The van der Waals surface area contributed by atoms with Crippen LogP contribution in [-0.2, 0) is 9.53 Å². The molecule has 0 aliphatic carbocycles. The van der Waals surface area contributed by atoms with Crippen molar-refractivity contribution in [1.29, 1.82) is 0 Å². The van der Waals surface area contributed by atoms with Crippen molar-refractivity contribution in [1.82, 2.24) is 9.88 Å². The van der Waals surface area contributed by atoms with Crippen molar-refractivity contribution in [3.63, 3.8) is 0 Å². The number of pyridine rings is 1. The van der Waals surface area contributed by atoms with Gasteiger partial charge in [0.1, 0.15) is 23.0 Å². The van der Waals surface area contributed by atoms with Crippen molar-refractivity contribution in [2.24, 2.45) is 21.7 Å². The molecule has 1 amide bonds. The third kappa shape index (κ3) is 8.41. The molecule has 2 heterocycles. The van der Waals surface area contributed by atoms with Crippen LogP contribution < -0.4 is 27.3 Å². The molecule has 1 fully saturated rings. The number of nitrogens with zero attached hydrogens (tertiary/aromatic N) is 4. The van der Waals surface area contributed by atoms with E-state index in [1.807, 2.05) is 12.1 Å². The van der Waals surface area contributed by atoms with E-state index in [4.69, 9.17) is 26.7 Å². The van der Waals surface area contributed by atoms with Crippen LogP contribution in [0.25, 0.3) is 0 Å². The van der Waals surface area contributed by atoms with Crippen molar-refractivity contribution >= 4 is 28.9 Å². The summed E-state index contributed by atoms with van der Waals surface area (Å²) < 4.78 is 11.3. The van der Waals surface area contributed by atoms with E-state index in [0.29, 0.717) is 61.4 Å². The number of hydrogen-bond donors (Lipinski definition) is 4. The van der Waals surface area contributed by atoms with Gasteiger partial charge in [-0.15, -0.1) is 10.2 Å². The second-order valence-corrected chi connectivity index (χ2v) is 8.18. The highest BCUT2D eigenvalue weighted by Gasteiger charge is 2.15. The number of morpholine rings is 1. The monoisotopic (exact) mass is 482 g/mol. The van der Waals surface area contributed by atoms with Gasteiger partial charge in [0.2, 0.25) is 5.91 Å². The second-order valence-electron chi connectivity index (χ2n) is 8.18. The summed E-state index contributed by atoms with van der Waals surface area (Å²) >= 11 is 0. The molecule has 0 bridgehead atoms. The molecule has 0 saturated carbocycles. The molecule has 0 spiro atoms. The first-order valence-electron chi connectivity index (χ1n) is 11.7. The fourth-order valence-electron chi connectivity index (χ4n) is 3.41. The Morgan fingerprint density at radius 2 is 1.91 bits per heavy atom. The largest absolute Gasteiger partial charge is 0.459 e. The fourth-order valence-corrected chi connectivity index (χ4v) is 3.41. The summed E-state index contributed by atoms with van der Waals surface area (Å²) in [5.41, 5.74) is 18.3. The predicted octanol–water partition coefficient (Wildman–Crippen LogP) is 2.70. The lowest BCUT2D eigenvalue weighted by molar-refractivity contribution is -0.117. The molecule has 11 heteroatoms. The fraction of sp³-hybridized carbons (Fsp3) is 0.417. The van der Waals surface area contributed by atoms with Crippen LogP contribution in [0.5, 0.6) is 5.75 Å². The van der Waals surface area contributed by atoms with Gasteiger partial charge < -0.3 is 32.0 Å². The summed E-state index contributed by atoms with van der Waals surface area (Å²) in [7, 11) is 0. The van der Waals surface area contributed by atoms with E-state index in [-0.39, 0.29) is 11.7 Å². The Morgan fingerprint density at radius 1 is 1.17 bits per heavy atom. The minimum atomic E-state index is -0.640. The summed E-state index contributed by atoms with van der Waals surface area (Å²) in [6.45, 7) is 8.30. The number of carbonyl (C=O) groups is 1. The minimum Gasteiger partial charge on any atom is -0.459 e. The maximum absolute atomic E-state index is 12.2. The molecule has 1 aliphatic heterocycles. The Hall–Kier alpha value is -3.38. The highest BCUT2D eigenvalue weighted by molar-refractivity contribution is 5.94. The van der Waals surface area contributed by atoms with E-state index < -0.39 is 6.04 Å². The molecule has 188 valence electrons.